The van der Waals surface area contributed by atoms with Crippen molar-refractivity contribution in [3.8, 4) is 0 Å². The van der Waals surface area contributed by atoms with Gasteiger partial charge in [0.2, 0.25) is 5.91 Å². The standard InChI is InChI=1S/C22H25N3O3/c26-19-8-9-22(16-25(19)15-17-5-2-1-3-6-17)10-13-24(14-11-22)21(28)18-7-4-12-23-20(18)27/h1-7,12H,8-11,13-16H2,(H,23,27). The van der Waals surface area contributed by atoms with Crippen molar-refractivity contribution in [2.45, 2.75) is 32.2 Å². The lowest BCUT2D eigenvalue weighted by Crippen LogP contribution is -2.52. The number of nitrogens with one attached hydrogen (secondary N) is 1. The molecule has 2 aliphatic rings. The van der Waals surface area contributed by atoms with Gasteiger partial charge in [-0.2, -0.15) is 0 Å². The van der Waals surface area contributed by atoms with Crippen LogP contribution in [0.5, 0.6) is 0 Å². The molecule has 146 valence electrons. The van der Waals surface area contributed by atoms with E-state index in [0.29, 0.717) is 26.1 Å². The molecule has 0 bridgehead atoms. The van der Waals surface area contributed by atoms with Crippen LogP contribution in [0.2, 0.25) is 0 Å². The molecule has 0 unspecified atom stereocenters. The van der Waals surface area contributed by atoms with E-state index in [2.05, 4.69) is 4.98 Å². The van der Waals surface area contributed by atoms with Crippen LogP contribution in [0.3, 0.4) is 0 Å². The third-order valence-electron chi connectivity index (χ3n) is 6.12. The van der Waals surface area contributed by atoms with Crippen LogP contribution in [-0.2, 0) is 11.3 Å². The van der Waals surface area contributed by atoms with Crippen LogP contribution in [-0.4, -0.2) is 46.2 Å². The largest absolute Gasteiger partial charge is 0.338 e. The van der Waals surface area contributed by atoms with E-state index in [1.807, 2.05) is 35.2 Å². The van der Waals surface area contributed by atoms with Gasteiger partial charge in [0.05, 0.1) is 0 Å². The van der Waals surface area contributed by atoms with Crippen molar-refractivity contribution in [1.82, 2.24) is 14.8 Å². The molecule has 0 aliphatic carbocycles. The maximum atomic E-state index is 12.7. The molecule has 3 heterocycles. The summed E-state index contributed by atoms with van der Waals surface area (Å²) in [6, 6.07) is 13.3. The first-order chi connectivity index (χ1) is 13.6. The summed E-state index contributed by atoms with van der Waals surface area (Å²) < 4.78 is 0. The van der Waals surface area contributed by atoms with E-state index < -0.39 is 0 Å². The van der Waals surface area contributed by atoms with Crippen molar-refractivity contribution in [1.29, 1.82) is 0 Å². The first-order valence-corrected chi connectivity index (χ1v) is 9.85. The first-order valence-electron chi connectivity index (χ1n) is 9.85. The van der Waals surface area contributed by atoms with E-state index in [1.54, 1.807) is 17.0 Å². The van der Waals surface area contributed by atoms with Crippen molar-refractivity contribution < 1.29 is 9.59 Å². The highest BCUT2D eigenvalue weighted by Crippen LogP contribution is 2.40. The number of piperidine rings is 2. The van der Waals surface area contributed by atoms with Gasteiger partial charge in [0.1, 0.15) is 5.56 Å². The van der Waals surface area contributed by atoms with Gasteiger partial charge in [0.25, 0.3) is 11.5 Å². The summed E-state index contributed by atoms with van der Waals surface area (Å²) in [5.74, 6) is 0.00790. The minimum atomic E-state index is -0.343. The second-order valence-corrected chi connectivity index (χ2v) is 7.94. The Morgan fingerprint density at radius 2 is 1.75 bits per heavy atom. The van der Waals surface area contributed by atoms with Crippen LogP contribution in [0.25, 0.3) is 0 Å². The van der Waals surface area contributed by atoms with Gasteiger partial charge >= 0.3 is 0 Å². The zero-order valence-corrected chi connectivity index (χ0v) is 15.9. The monoisotopic (exact) mass is 379 g/mol. The van der Waals surface area contributed by atoms with E-state index in [0.717, 1.165) is 31.4 Å². The molecule has 2 aliphatic heterocycles. The van der Waals surface area contributed by atoms with E-state index >= 15 is 0 Å². The van der Waals surface area contributed by atoms with Gasteiger partial charge in [0, 0.05) is 38.8 Å². The van der Waals surface area contributed by atoms with Crippen molar-refractivity contribution in [3.05, 3.63) is 70.1 Å². The van der Waals surface area contributed by atoms with Crippen LogP contribution in [0.1, 0.15) is 41.6 Å². The quantitative estimate of drug-likeness (QED) is 0.890. The lowest BCUT2D eigenvalue weighted by atomic mass is 9.72. The molecule has 28 heavy (non-hydrogen) atoms. The molecule has 0 saturated carbocycles. The number of pyridine rings is 1. The number of rotatable bonds is 3. The van der Waals surface area contributed by atoms with E-state index in [9.17, 15) is 14.4 Å². The fourth-order valence-electron chi connectivity index (χ4n) is 4.40. The second kappa shape index (κ2) is 7.62. The SMILES string of the molecule is O=C1CCC2(CCN(C(=O)c3ccc[nH]c3=O)CC2)CN1Cc1ccccc1. The molecule has 6 heteroatoms. The maximum absolute atomic E-state index is 12.7. The van der Waals surface area contributed by atoms with Gasteiger partial charge in [-0.05, 0) is 42.4 Å². The molecule has 2 saturated heterocycles. The van der Waals surface area contributed by atoms with Gasteiger partial charge in [-0.3, -0.25) is 14.4 Å². The van der Waals surface area contributed by atoms with Gasteiger partial charge in [-0.15, -0.1) is 0 Å². The van der Waals surface area contributed by atoms with Gasteiger partial charge in [0.15, 0.2) is 0 Å². The predicted octanol–water partition coefficient (Wildman–Crippen LogP) is 2.42. The Balaban J connectivity index is 1.42. The predicted molar refractivity (Wildman–Crippen MR) is 106 cm³/mol. The number of hydrogen-bond donors (Lipinski definition) is 1. The van der Waals surface area contributed by atoms with Crippen LogP contribution >= 0.6 is 0 Å². The number of aromatic amines is 1. The van der Waals surface area contributed by atoms with Crippen LogP contribution in [0.4, 0.5) is 0 Å². The maximum Gasteiger partial charge on any atom is 0.260 e. The average Bonchev–Trinajstić information content (AvgIpc) is 2.72. The number of nitrogens with zero attached hydrogens (tertiary/aromatic N) is 2. The lowest BCUT2D eigenvalue weighted by molar-refractivity contribution is -0.139. The zero-order valence-electron chi connectivity index (χ0n) is 15.9. The first kappa shape index (κ1) is 18.5. The van der Waals surface area contributed by atoms with Gasteiger partial charge in [-0.1, -0.05) is 30.3 Å². The molecule has 1 N–H and O–H groups in total. The summed E-state index contributed by atoms with van der Waals surface area (Å²) >= 11 is 0. The minimum absolute atomic E-state index is 0.0720. The van der Waals surface area contributed by atoms with Crippen molar-refractivity contribution in [2.24, 2.45) is 5.41 Å². The average molecular weight is 379 g/mol. The fourth-order valence-corrected chi connectivity index (χ4v) is 4.40. The zero-order chi connectivity index (χ0) is 19.6. The molecule has 2 amide bonds. The highest BCUT2D eigenvalue weighted by Gasteiger charge is 2.41. The Hall–Kier alpha value is -2.89. The van der Waals surface area contributed by atoms with Crippen LogP contribution in [0, 0.1) is 5.41 Å². The van der Waals surface area contributed by atoms with Gasteiger partial charge in [-0.25, -0.2) is 0 Å². The summed E-state index contributed by atoms with van der Waals surface area (Å²) in [6.45, 7) is 2.64. The molecule has 2 fully saturated rings. The van der Waals surface area contributed by atoms with Crippen molar-refractivity contribution in [3.63, 3.8) is 0 Å². The molecule has 1 aromatic carbocycles. The molecule has 0 radical (unpaired) electrons. The van der Waals surface area contributed by atoms with Crippen LogP contribution in [0.15, 0.2) is 53.5 Å². The van der Waals surface area contributed by atoms with Crippen LogP contribution < -0.4 is 5.56 Å². The number of benzene rings is 1. The summed E-state index contributed by atoms with van der Waals surface area (Å²) in [7, 11) is 0. The summed E-state index contributed by atoms with van der Waals surface area (Å²) in [6.07, 6.45) is 4.71. The van der Waals surface area contributed by atoms with Crippen molar-refractivity contribution in [2.75, 3.05) is 19.6 Å². The van der Waals surface area contributed by atoms with Crippen molar-refractivity contribution >= 4 is 11.8 Å². The number of H-pyrrole nitrogens is 1. The molecular weight excluding hydrogens is 354 g/mol. The van der Waals surface area contributed by atoms with E-state index in [4.69, 9.17) is 0 Å². The molecule has 0 atom stereocenters. The Bertz CT molecular complexity index is 914. The molecule has 1 spiro atoms. The highest BCUT2D eigenvalue weighted by atomic mass is 16.2. The normalized spacial score (nSPS) is 19.1. The second-order valence-electron chi connectivity index (χ2n) is 7.94. The fraction of sp³-hybridized carbons (Fsp3) is 0.409. The lowest BCUT2D eigenvalue weighted by Gasteiger charge is -2.47. The minimum Gasteiger partial charge on any atom is -0.338 e. The summed E-state index contributed by atoms with van der Waals surface area (Å²) in [5, 5.41) is 0. The van der Waals surface area contributed by atoms with E-state index in [-0.39, 0.29) is 28.4 Å². The molecule has 2 aromatic rings. The Kier molecular flexibility index (Phi) is 5.03. The number of hydrogen-bond acceptors (Lipinski definition) is 3. The number of carbonyl (C=O) groups is 2. The molecular formula is C22H25N3O3. The molecule has 1 aromatic heterocycles. The highest BCUT2D eigenvalue weighted by molar-refractivity contribution is 5.93. The van der Waals surface area contributed by atoms with Gasteiger partial charge < -0.3 is 14.8 Å². The molecule has 4 rings (SSSR count). The third-order valence-corrected chi connectivity index (χ3v) is 6.12. The number of carbonyl (C=O) groups excluding carboxylic acids is 2. The Labute approximate surface area is 164 Å². The topological polar surface area (TPSA) is 73.5 Å². The number of likely N-dealkylation sites (tertiary alicyclic amines) is 2. The Morgan fingerprint density at radius 3 is 2.46 bits per heavy atom. The third kappa shape index (κ3) is 3.72. The number of aromatic nitrogens is 1. The van der Waals surface area contributed by atoms with E-state index in [1.165, 1.54) is 6.20 Å². The summed E-state index contributed by atoms with van der Waals surface area (Å²) in [5.41, 5.74) is 1.07. The summed E-state index contributed by atoms with van der Waals surface area (Å²) in [4.78, 5) is 43.3. The number of amides is 2. The Morgan fingerprint density at radius 1 is 1.00 bits per heavy atom. The smallest absolute Gasteiger partial charge is 0.260 e. The molecule has 6 nitrogen and oxygen atoms in total.